The summed E-state index contributed by atoms with van der Waals surface area (Å²) in [5.74, 6) is 0.333. The van der Waals surface area contributed by atoms with Gasteiger partial charge in [-0.2, -0.15) is 5.26 Å². The number of carbonyl (C=O) groups is 1. The van der Waals surface area contributed by atoms with Gasteiger partial charge < -0.3 is 4.90 Å². The van der Waals surface area contributed by atoms with Gasteiger partial charge in [0.25, 0.3) is 0 Å². The minimum absolute atomic E-state index is 0.0288. The van der Waals surface area contributed by atoms with Crippen LogP contribution in [-0.4, -0.2) is 30.2 Å². The number of amides is 1. The Morgan fingerprint density at radius 1 is 1.59 bits per heavy atom. The van der Waals surface area contributed by atoms with E-state index >= 15 is 0 Å². The van der Waals surface area contributed by atoms with Crippen LogP contribution in [0.4, 0.5) is 0 Å². The van der Waals surface area contributed by atoms with E-state index in [1.165, 1.54) is 16.7 Å². The van der Waals surface area contributed by atoms with Gasteiger partial charge in [0.05, 0.1) is 11.8 Å². The van der Waals surface area contributed by atoms with Gasteiger partial charge in [0, 0.05) is 16.4 Å². The molecule has 0 radical (unpaired) electrons. The number of thioether (sulfide) groups is 1. The maximum atomic E-state index is 11.6. The van der Waals surface area contributed by atoms with Crippen molar-refractivity contribution < 1.29 is 4.79 Å². The lowest BCUT2D eigenvalue weighted by atomic mass is 10.2. The van der Waals surface area contributed by atoms with Crippen LogP contribution in [0.1, 0.15) is 5.56 Å². The molecule has 5 heteroatoms. The van der Waals surface area contributed by atoms with Crippen LogP contribution in [0.3, 0.4) is 0 Å². The molecule has 0 aliphatic heterocycles. The summed E-state index contributed by atoms with van der Waals surface area (Å²) in [7, 11) is 1.64. The summed E-state index contributed by atoms with van der Waals surface area (Å²) in [6.07, 6.45) is 0. The lowest BCUT2D eigenvalue weighted by molar-refractivity contribution is -0.126. The monoisotopic (exact) mass is 312 g/mol. The maximum Gasteiger partial charge on any atom is 0.233 e. The molecule has 1 rings (SSSR count). The summed E-state index contributed by atoms with van der Waals surface area (Å²) in [4.78, 5) is 14.2. The normalized spacial score (nSPS) is 9.76. The highest BCUT2D eigenvalue weighted by Gasteiger charge is 2.09. The zero-order valence-corrected chi connectivity index (χ0v) is 12.1. The van der Waals surface area contributed by atoms with Crippen molar-refractivity contribution in [1.29, 1.82) is 5.26 Å². The van der Waals surface area contributed by atoms with Crippen LogP contribution in [0.25, 0.3) is 0 Å². The number of nitriles is 1. The number of hydrogen-bond acceptors (Lipinski definition) is 3. The van der Waals surface area contributed by atoms with Crippen molar-refractivity contribution in [2.75, 3.05) is 19.3 Å². The minimum Gasteiger partial charge on any atom is -0.332 e. The molecule has 0 saturated carbocycles. The molecule has 0 saturated heterocycles. The fourth-order valence-corrected chi connectivity index (χ4v) is 2.64. The fourth-order valence-electron chi connectivity index (χ4n) is 1.22. The predicted octanol–water partition coefficient (Wildman–Crippen LogP) is 2.83. The van der Waals surface area contributed by atoms with Crippen LogP contribution in [-0.2, 0) is 4.79 Å². The van der Waals surface area contributed by atoms with Crippen LogP contribution in [0, 0.1) is 18.3 Å². The summed E-state index contributed by atoms with van der Waals surface area (Å²) in [5.41, 5.74) is 1.14. The largest absolute Gasteiger partial charge is 0.332 e. The van der Waals surface area contributed by atoms with Crippen LogP contribution >= 0.6 is 27.7 Å². The standard InChI is InChI=1S/C12H13BrN2OS/c1-9-7-10(13)3-4-11(9)17-8-12(16)15(2)6-5-14/h3-4,7H,6,8H2,1-2H3. The van der Waals surface area contributed by atoms with E-state index in [0.717, 1.165) is 14.9 Å². The van der Waals surface area contributed by atoms with E-state index in [2.05, 4.69) is 15.9 Å². The summed E-state index contributed by atoms with van der Waals surface area (Å²) >= 11 is 4.90. The highest BCUT2D eigenvalue weighted by Crippen LogP contribution is 2.25. The van der Waals surface area contributed by atoms with E-state index in [9.17, 15) is 4.79 Å². The molecular weight excluding hydrogens is 300 g/mol. The van der Waals surface area contributed by atoms with Crippen LogP contribution in [0.5, 0.6) is 0 Å². The second kappa shape index (κ2) is 6.67. The van der Waals surface area contributed by atoms with Gasteiger partial charge in [-0.15, -0.1) is 11.8 Å². The van der Waals surface area contributed by atoms with E-state index in [4.69, 9.17) is 5.26 Å². The topological polar surface area (TPSA) is 44.1 Å². The number of aryl methyl sites for hydroxylation is 1. The molecule has 0 aliphatic rings. The molecule has 0 aliphatic carbocycles. The van der Waals surface area contributed by atoms with Crippen molar-refractivity contribution in [2.45, 2.75) is 11.8 Å². The Balaban J connectivity index is 2.56. The molecule has 0 heterocycles. The Morgan fingerprint density at radius 2 is 2.29 bits per heavy atom. The number of carbonyl (C=O) groups excluding carboxylic acids is 1. The van der Waals surface area contributed by atoms with Gasteiger partial charge in [-0.3, -0.25) is 4.79 Å². The van der Waals surface area contributed by atoms with Gasteiger partial charge >= 0.3 is 0 Å². The van der Waals surface area contributed by atoms with Gasteiger partial charge in [-0.25, -0.2) is 0 Å². The van der Waals surface area contributed by atoms with E-state index in [1.807, 2.05) is 31.2 Å². The van der Waals surface area contributed by atoms with Gasteiger partial charge in [0.15, 0.2) is 0 Å². The molecule has 1 aromatic carbocycles. The number of hydrogen-bond donors (Lipinski definition) is 0. The number of halogens is 1. The summed E-state index contributed by atoms with van der Waals surface area (Å²) in [6, 6.07) is 7.92. The van der Waals surface area contributed by atoms with Gasteiger partial charge in [0.2, 0.25) is 5.91 Å². The molecule has 0 bridgehead atoms. The average molecular weight is 313 g/mol. The van der Waals surface area contributed by atoms with Crippen molar-refractivity contribution in [3.63, 3.8) is 0 Å². The Bertz CT molecular complexity index is 456. The quantitative estimate of drug-likeness (QED) is 0.634. The SMILES string of the molecule is Cc1cc(Br)ccc1SCC(=O)N(C)CC#N. The van der Waals surface area contributed by atoms with E-state index in [0.29, 0.717) is 5.75 Å². The molecular formula is C12H13BrN2OS. The third-order valence-electron chi connectivity index (χ3n) is 2.22. The lowest BCUT2D eigenvalue weighted by Crippen LogP contribution is -2.28. The molecule has 0 spiro atoms. The summed E-state index contributed by atoms with van der Waals surface area (Å²) < 4.78 is 1.03. The van der Waals surface area contributed by atoms with Crippen LogP contribution < -0.4 is 0 Å². The van der Waals surface area contributed by atoms with Gasteiger partial charge in [-0.1, -0.05) is 15.9 Å². The highest BCUT2D eigenvalue weighted by atomic mass is 79.9. The van der Waals surface area contributed by atoms with Crippen molar-refractivity contribution >= 4 is 33.6 Å². The van der Waals surface area contributed by atoms with Crippen molar-refractivity contribution in [1.82, 2.24) is 4.90 Å². The third-order valence-corrected chi connectivity index (χ3v) is 3.88. The molecule has 0 unspecified atom stereocenters. The van der Waals surface area contributed by atoms with Gasteiger partial charge in [-0.05, 0) is 30.7 Å². The molecule has 3 nitrogen and oxygen atoms in total. The summed E-state index contributed by atoms with van der Waals surface area (Å²) in [5, 5.41) is 8.49. The average Bonchev–Trinajstić information content (AvgIpc) is 2.27. The van der Waals surface area contributed by atoms with Crippen LogP contribution in [0.2, 0.25) is 0 Å². The predicted molar refractivity (Wildman–Crippen MR) is 72.9 cm³/mol. The third kappa shape index (κ3) is 4.41. The fraction of sp³-hybridized carbons (Fsp3) is 0.333. The highest BCUT2D eigenvalue weighted by molar-refractivity contribution is 9.10. The zero-order chi connectivity index (χ0) is 12.8. The first-order chi connectivity index (χ1) is 8.04. The van der Waals surface area contributed by atoms with E-state index in [1.54, 1.807) is 7.05 Å². The van der Waals surface area contributed by atoms with E-state index < -0.39 is 0 Å². The van der Waals surface area contributed by atoms with Gasteiger partial charge in [0.1, 0.15) is 6.54 Å². The van der Waals surface area contributed by atoms with Crippen molar-refractivity contribution in [3.05, 3.63) is 28.2 Å². The molecule has 0 aromatic heterocycles. The Labute approximate surface area is 114 Å². The Kier molecular flexibility index (Phi) is 5.52. The lowest BCUT2D eigenvalue weighted by Gasteiger charge is -2.13. The molecule has 90 valence electrons. The second-order valence-corrected chi connectivity index (χ2v) is 5.54. The van der Waals surface area contributed by atoms with E-state index in [-0.39, 0.29) is 12.5 Å². The van der Waals surface area contributed by atoms with Crippen LogP contribution in [0.15, 0.2) is 27.6 Å². The minimum atomic E-state index is -0.0288. The number of rotatable bonds is 4. The molecule has 17 heavy (non-hydrogen) atoms. The molecule has 1 amide bonds. The summed E-state index contributed by atoms with van der Waals surface area (Å²) in [6.45, 7) is 2.15. The van der Waals surface area contributed by atoms with Crippen molar-refractivity contribution in [3.8, 4) is 6.07 Å². The molecule has 0 atom stereocenters. The Morgan fingerprint density at radius 3 is 2.88 bits per heavy atom. The molecule has 0 N–H and O–H groups in total. The first-order valence-corrected chi connectivity index (χ1v) is 6.82. The first kappa shape index (κ1) is 14.1. The smallest absolute Gasteiger partial charge is 0.233 e. The molecule has 1 aromatic rings. The Hall–Kier alpha value is -0.990. The number of nitrogens with zero attached hydrogens (tertiary/aromatic N) is 2. The second-order valence-electron chi connectivity index (χ2n) is 3.61. The van der Waals surface area contributed by atoms with Crippen molar-refractivity contribution in [2.24, 2.45) is 0 Å². The molecule has 0 fully saturated rings. The number of benzene rings is 1. The first-order valence-electron chi connectivity index (χ1n) is 5.04. The zero-order valence-electron chi connectivity index (χ0n) is 9.74. The maximum absolute atomic E-state index is 11.6.